The topological polar surface area (TPSA) is 64.9 Å². The fourth-order valence-corrected chi connectivity index (χ4v) is 2.07. The zero-order valence-electron chi connectivity index (χ0n) is 11.5. The van der Waals surface area contributed by atoms with Crippen LogP contribution in [0, 0.1) is 10.7 Å². The number of amides is 2. The minimum absolute atomic E-state index is 0.243. The van der Waals surface area contributed by atoms with Crippen LogP contribution in [0.3, 0.4) is 0 Å². The van der Waals surface area contributed by atoms with E-state index in [4.69, 9.17) is 5.26 Å². The van der Waals surface area contributed by atoms with Gasteiger partial charge >= 0.3 is 12.2 Å². The second kappa shape index (κ2) is 7.07. The lowest BCUT2D eigenvalue weighted by molar-refractivity contribution is -0.137. The number of hydrogen-bond acceptors (Lipinski definition) is 3. The van der Waals surface area contributed by atoms with Crippen molar-refractivity contribution in [1.29, 1.82) is 5.26 Å². The van der Waals surface area contributed by atoms with Gasteiger partial charge in [0.2, 0.25) is 0 Å². The molecule has 23 heavy (non-hydrogen) atoms. The highest BCUT2D eigenvalue weighted by atomic mass is 32.2. The first-order chi connectivity index (χ1) is 10.9. The molecule has 0 aliphatic heterocycles. The van der Waals surface area contributed by atoms with Crippen molar-refractivity contribution in [3.63, 3.8) is 0 Å². The number of thioether (sulfide) groups is 1. The van der Waals surface area contributed by atoms with Gasteiger partial charge in [0.05, 0.1) is 5.56 Å². The first-order valence-electron chi connectivity index (χ1n) is 6.30. The van der Waals surface area contributed by atoms with Crippen molar-refractivity contribution >= 4 is 29.2 Å². The summed E-state index contributed by atoms with van der Waals surface area (Å²) in [6.07, 6.45) is -4.41. The van der Waals surface area contributed by atoms with Crippen LogP contribution < -0.4 is 10.6 Å². The molecule has 0 saturated carbocycles. The number of benzene rings is 2. The molecule has 0 saturated heterocycles. The number of carbonyl (C=O) groups excluding carboxylic acids is 1. The molecule has 0 aliphatic carbocycles. The maximum absolute atomic E-state index is 12.4. The van der Waals surface area contributed by atoms with Crippen molar-refractivity contribution in [2.24, 2.45) is 0 Å². The van der Waals surface area contributed by atoms with Crippen molar-refractivity contribution in [2.45, 2.75) is 11.1 Å². The Labute approximate surface area is 134 Å². The van der Waals surface area contributed by atoms with E-state index in [1.807, 2.05) is 5.40 Å². The van der Waals surface area contributed by atoms with Crippen molar-refractivity contribution in [3.8, 4) is 5.40 Å². The van der Waals surface area contributed by atoms with Gasteiger partial charge in [0.25, 0.3) is 0 Å². The van der Waals surface area contributed by atoms with Crippen molar-refractivity contribution in [1.82, 2.24) is 0 Å². The molecule has 0 atom stereocenters. The van der Waals surface area contributed by atoms with E-state index in [0.29, 0.717) is 5.69 Å². The number of rotatable bonds is 3. The number of urea groups is 1. The third-order valence-corrected chi connectivity index (χ3v) is 3.34. The van der Waals surface area contributed by atoms with E-state index in [2.05, 4.69) is 10.6 Å². The summed E-state index contributed by atoms with van der Waals surface area (Å²) in [6.45, 7) is 0. The molecule has 4 nitrogen and oxygen atoms in total. The molecule has 0 heterocycles. The minimum atomic E-state index is -4.41. The molecule has 2 N–H and O–H groups in total. The van der Waals surface area contributed by atoms with Gasteiger partial charge in [-0.2, -0.15) is 18.4 Å². The number of nitrogens with zero attached hydrogens (tertiary/aromatic N) is 1. The van der Waals surface area contributed by atoms with Gasteiger partial charge in [-0.15, -0.1) is 0 Å². The molecule has 0 fully saturated rings. The molecule has 8 heteroatoms. The minimum Gasteiger partial charge on any atom is -0.308 e. The first kappa shape index (κ1) is 16.7. The number of halogens is 3. The lowest BCUT2D eigenvalue weighted by Gasteiger charge is -2.10. The summed E-state index contributed by atoms with van der Waals surface area (Å²) >= 11 is 0.994. The zero-order chi connectivity index (χ0) is 16.9. The van der Waals surface area contributed by atoms with Gasteiger partial charge in [-0.3, -0.25) is 0 Å². The molecule has 2 aromatic rings. The summed E-state index contributed by atoms with van der Waals surface area (Å²) in [5, 5.41) is 15.4. The van der Waals surface area contributed by atoms with Crippen LogP contribution in [0.4, 0.5) is 29.3 Å². The van der Waals surface area contributed by atoms with Crippen LogP contribution in [0.5, 0.6) is 0 Å². The largest absolute Gasteiger partial charge is 0.416 e. The van der Waals surface area contributed by atoms with Crippen molar-refractivity contribution in [3.05, 3.63) is 54.1 Å². The maximum Gasteiger partial charge on any atom is 0.416 e. The highest BCUT2D eigenvalue weighted by Crippen LogP contribution is 2.29. The Balaban J connectivity index is 1.95. The number of nitriles is 1. The van der Waals surface area contributed by atoms with Gasteiger partial charge in [-0.25, -0.2) is 4.79 Å². The third-order valence-electron chi connectivity index (χ3n) is 2.75. The Kier molecular flexibility index (Phi) is 5.13. The average Bonchev–Trinajstić information content (AvgIpc) is 2.49. The van der Waals surface area contributed by atoms with Gasteiger partial charge in [0.15, 0.2) is 0 Å². The first-order valence-corrected chi connectivity index (χ1v) is 7.11. The van der Waals surface area contributed by atoms with Crippen molar-refractivity contribution in [2.75, 3.05) is 10.6 Å². The Hall–Kier alpha value is -2.66. The Morgan fingerprint density at radius 2 is 1.43 bits per heavy atom. The molecule has 0 radical (unpaired) electrons. The number of nitrogens with one attached hydrogen (secondary N) is 2. The quantitative estimate of drug-likeness (QED) is 0.617. The van der Waals surface area contributed by atoms with E-state index < -0.39 is 17.8 Å². The summed E-state index contributed by atoms with van der Waals surface area (Å²) < 4.78 is 37.3. The molecule has 0 aromatic heterocycles. The predicted molar refractivity (Wildman–Crippen MR) is 82.0 cm³/mol. The summed E-state index contributed by atoms with van der Waals surface area (Å²) in [7, 11) is 0. The van der Waals surface area contributed by atoms with E-state index in [0.717, 1.165) is 28.8 Å². The maximum atomic E-state index is 12.4. The Bertz CT molecular complexity index is 722. The number of alkyl halides is 3. The Morgan fingerprint density at radius 1 is 0.957 bits per heavy atom. The second-order valence-corrected chi connectivity index (χ2v) is 5.23. The van der Waals surface area contributed by atoms with Gasteiger partial charge < -0.3 is 10.6 Å². The van der Waals surface area contributed by atoms with Gasteiger partial charge in [0.1, 0.15) is 5.40 Å². The van der Waals surface area contributed by atoms with Gasteiger partial charge in [-0.1, -0.05) is 0 Å². The standard InChI is InChI=1S/C15H10F3N3OS/c16-15(17,18)10-1-3-11(4-2-10)20-14(22)21-12-5-7-13(8-6-12)23-9-19/h1-8H,(H2,20,21,22). The van der Waals surface area contributed by atoms with Crippen molar-refractivity contribution < 1.29 is 18.0 Å². The van der Waals surface area contributed by atoms with Crippen LogP contribution in [0.25, 0.3) is 0 Å². The summed E-state index contributed by atoms with van der Waals surface area (Å²) in [6, 6.07) is 10.1. The molecule has 0 unspecified atom stereocenters. The van der Waals surface area contributed by atoms with Crippen LogP contribution >= 0.6 is 11.8 Å². The molecule has 2 amide bonds. The predicted octanol–water partition coefficient (Wildman–Crippen LogP) is 4.92. The summed E-state index contributed by atoms with van der Waals surface area (Å²) in [5.41, 5.74) is -0.0436. The van der Waals surface area contributed by atoms with Crippen LogP contribution in [-0.2, 0) is 6.18 Å². The van der Waals surface area contributed by atoms with E-state index in [9.17, 15) is 18.0 Å². The highest BCUT2D eigenvalue weighted by Gasteiger charge is 2.29. The fraction of sp³-hybridized carbons (Fsp3) is 0.0667. The van der Waals surface area contributed by atoms with Crippen LogP contribution in [0.15, 0.2) is 53.4 Å². The van der Waals surface area contributed by atoms with Gasteiger partial charge in [0, 0.05) is 16.3 Å². The molecule has 118 valence electrons. The molecular formula is C15H10F3N3OS. The van der Waals surface area contributed by atoms with Crippen LogP contribution in [0.2, 0.25) is 0 Å². The molecule has 0 bridgehead atoms. The molecular weight excluding hydrogens is 327 g/mol. The van der Waals surface area contributed by atoms with E-state index in [1.54, 1.807) is 24.3 Å². The third kappa shape index (κ3) is 4.93. The smallest absolute Gasteiger partial charge is 0.308 e. The lowest BCUT2D eigenvalue weighted by atomic mass is 10.2. The number of carbonyl (C=O) groups is 1. The van der Waals surface area contributed by atoms with Crippen LogP contribution in [-0.4, -0.2) is 6.03 Å². The molecule has 2 aromatic carbocycles. The van der Waals surface area contributed by atoms with E-state index in [1.165, 1.54) is 12.1 Å². The molecule has 0 aliphatic rings. The lowest BCUT2D eigenvalue weighted by Crippen LogP contribution is -2.19. The number of anilines is 2. The monoisotopic (exact) mass is 337 g/mol. The SMILES string of the molecule is N#CSc1ccc(NC(=O)Nc2ccc(C(F)(F)F)cc2)cc1. The zero-order valence-corrected chi connectivity index (χ0v) is 12.3. The number of hydrogen-bond donors (Lipinski definition) is 2. The summed E-state index contributed by atoms with van der Waals surface area (Å²) in [5.74, 6) is 0. The van der Waals surface area contributed by atoms with E-state index in [-0.39, 0.29) is 5.69 Å². The summed E-state index contributed by atoms with van der Waals surface area (Å²) in [4.78, 5) is 12.5. The Morgan fingerprint density at radius 3 is 1.87 bits per heavy atom. The fourth-order valence-electron chi connectivity index (χ4n) is 1.69. The normalized spacial score (nSPS) is 10.7. The van der Waals surface area contributed by atoms with Crippen LogP contribution in [0.1, 0.15) is 5.56 Å². The highest BCUT2D eigenvalue weighted by molar-refractivity contribution is 8.03. The van der Waals surface area contributed by atoms with Gasteiger partial charge in [-0.05, 0) is 60.3 Å². The average molecular weight is 337 g/mol. The van der Waals surface area contributed by atoms with E-state index >= 15 is 0 Å². The second-order valence-electron chi connectivity index (χ2n) is 4.37. The molecule has 2 rings (SSSR count). The molecule has 0 spiro atoms. The number of thiocyanates is 1.